The summed E-state index contributed by atoms with van der Waals surface area (Å²) in [6.45, 7) is 2.01. The zero-order valence-electron chi connectivity index (χ0n) is 16.1. The summed E-state index contributed by atoms with van der Waals surface area (Å²) in [7, 11) is -1.62. The maximum atomic E-state index is 13.3. The van der Waals surface area contributed by atoms with Gasteiger partial charge in [-0.15, -0.1) is 0 Å². The highest BCUT2D eigenvalue weighted by Gasteiger charge is 2.31. The van der Waals surface area contributed by atoms with Crippen LogP contribution in [0.4, 0.5) is 5.95 Å². The number of benzene rings is 2. The van der Waals surface area contributed by atoms with Crippen LogP contribution in [0.5, 0.6) is 0 Å². The molecule has 7 nitrogen and oxygen atoms in total. The smallest absolute Gasteiger partial charge is 0.245 e. The van der Waals surface area contributed by atoms with Crippen molar-refractivity contribution in [3.05, 3.63) is 60.8 Å². The predicted octanol–water partition coefficient (Wildman–Crippen LogP) is 2.63. The van der Waals surface area contributed by atoms with Crippen molar-refractivity contribution >= 4 is 37.9 Å². The van der Waals surface area contributed by atoms with Gasteiger partial charge in [-0.2, -0.15) is 4.31 Å². The van der Waals surface area contributed by atoms with E-state index < -0.39 is 10.0 Å². The highest BCUT2D eigenvalue weighted by molar-refractivity contribution is 7.89. The third-order valence-corrected chi connectivity index (χ3v) is 7.43. The van der Waals surface area contributed by atoms with Crippen molar-refractivity contribution < 1.29 is 8.42 Å². The molecule has 1 aliphatic rings. The van der Waals surface area contributed by atoms with E-state index in [9.17, 15) is 8.42 Å². The number of aromatic nitrogens is 3. The lowest BCUT2D eigenvalue weighted by atomic mass is 10.2. The Hall–Kier alpha value is -2.97. The van der Waals surface area contributed by atoms with Crippen LogP contribution in [0.3, 0.4) is 0 Å². The molecule has 8 heteroatoms. The lowest BCUT2D eigenvalue weighted by Crippen LogP contribution is -2.49. The maximum absolute atomic E-state index is 13.3. The fourth-order valence-electron chi connectivity index (χ4n) is 3.97. The first kappa shape index (κ1) is 18.1. The number of imidazole rings is 1. The highest BCUT2D eigenvalue weighted by Crippen LogP contribution is 2.27. The number of hydrogen-bond donors (Lipinski definition) is 0. The quantitative estimate of drug-likeness (QED) is 0.522. The Morgan fingerprint density at radius 1 is 0.897 bits per heavy atom. The number of rotatable bonds is 3. The molecule has 2 aromatic heterocycles. The van der Waals surface area contributed by atoms with Gasteiger partial charge >= 0.3 is 0 Å². The monoisotopic (exact) mass is 407 g/mol. The lowest BCUT2D eigenvalue weighted by molar-refractivity contribution is 0.382. The molecular weight excluding hydrogens is 386 g/mol. The van der Waals surface area contributed by atoms with Crippen LogP contribution >= 0.6 is 0 Å². The summed E-state index contributed by atoms with van der Waals surface area (Å²) < 4.78 is 30.2. The van der Waals surface area contributed by atoms with E-state index in [1.54, 1.807) is 22.6 Å². The molecule has 0 atom stereocenters. The number of piperazine rings is 1. The highest BCUT2D eigenvalue weighted by atomic mass is 32.2. The molecule has 3 heterocycles. The molecule has 0 bridgehead atoms. The van der Waals surface area contributed by atoms with Crippen LogP contribution in [0.25, 0.3) is 21.9 Å². The Labute approximate surface area is 169 Å². The molecule has 4 aromatic rings. The summed E-state index contributed by atoms with van der Waals surface area (Å²) in [5, 5.41) is 0.826. The minimum atomic E-state index is -3.61. The van der Waals surface area contributed by atoms with E-state index in [1.807, 2.05) is 49.5 Å². The second kappa shape index (κ2) is 6.82. The van der Waals surface area contributed by atoms with Crippen molar-refractivity contribution in [1.82, 2.24) is 18.8 Å². The summed E-state index contributed by atoms with van der Waals surface area (Å²) in [4.78, 5) is 11.5. The van der Waals surface area contributed by atoms with Crippen LogP contribution in [0, 0.1) is 0 Å². The number of sulfonamides is 1. The summed E-state index contributed by atoms with van der Waals surface area (Å²) in [5.74, 6) is 0.870. The summed E-state index contributed by atoms with van der Waals surface area (Å²) in [6.07, 6.45) is 1.63. The molecule has 0 N–H and O–H groups in total. The molecule has 1 fully saturated rings. The number of para-hydroxylation sites is 3. The van der Waals surface area contributed by atoms with Gasteiger partial charge in [-0.1, -0.05) is 30.3 Å². The topological polar surface area (TPSA) is 71.3 Å². The molecule has 0 unspecified atom stereocenters. The van der Waals surface area contributed by atoms with Gasteiger partial charge in [0.1, 0.15) is 4.90 Å². The van der Waals surface area contributed by atoms with Crippen molar-refractivity contribution in [1.29, 1.82) is 0 Å². The molecule has 1 aliphatic heterocycles. The zero-order valence-corrected chi connectivity index (χ0v) is 16.9. The van der Waals surface area contributed by atoms with Gasteiger partial charge in [0.15, 0.2) is 0 Å². The van der Waals surface area contributed by atoms with Crippen LogP contribution in [0.15, 0.2) is 65.7 Å². The molecule has 0 spiro atoms. The van der Waals surface area contributed by atoms with Gasteiger partial charge in [-0.3, -0.25) is 4.98 Å². The van der Waals surface area contributed by atoms with E-state index in [1.165, 1.54) is 0 Å². The predicted molar refractivity (Wildman–Crippen MR) is 113 cm³/mol. The lowest BCUT2D eigenvalue weighted by Gasteiger charge is -2.34. The number of hydrogen-bond acceptors (Lipinski definition) is 5. The number of aryl methyl sites for hydroxylation is 1. The van der Waals surface area contributed by atoms with Crippen molar-refractivity contribution in [3.8, 4) is 0 Å². The standard InChI is InChI=1S/C21H21N5O2S/c1-24-18-9-3-2-8-17(18)23-21(24)25-12-14-26(15-13-25)29(27,28)19-10-4-6-16-7-5-11-22-20(16)19/h2-11H,12-15H2,1H3. The van der Waals surface area contributed by atoms with Gasteiger partial charge < -0.3 is 9.47 Å². The number of anilines is 1. The molecule has 1 saturated heterocycles. The van der Waals surface area contributed by atoms with E-state index in [2.05, 4.69) is 14.5 Å². The fourth-order valence-corrected chi connectivity index (χ4v) is 5.56. The molecule has 148 valence electrons. The van der Waals surface area contributed by atoms with Gasteiger partial charge in [0.05, 0.1) is 16.6 Å². The fraction of sp³-hybridized carbons (Fsp3) is 0.238. The summed E-state index contributed by atoms with van der Waals surface area (Å²) in [6, 6.07) is 17.0. The first-order valence-corrected chi connectivity index (χ1v) is 11.0. The Morgan fingerprint density at radius 3 is 2.45 bits per heavy atom. The molecular formula is C21H21N5O2S. The first-order chi connectivity index (χ1) is 14.1. The molecule has 2 aromatic carbocycles. The second-order valence-corrected chi connectivity index (χ2v) is 9.09. The Bertz CT molecular complexity index is 1300. The van der Waals surface area contributed by atoms with Crippen molar-refractivity contribution in [2.45, 2.75) is 4.90 Å². The average Bonchev–Trinajstić information content (AvgIpc) is 3.10. The van der Waals surface area contributed by atoms with E-state index in [0.29, 0.717) is 31.7 Å². The SMILES string of the molecule is Cn1c(N2CCN(S(=O)(=O)c3cccc4cccnc34)CC2)nc2ccccc21. The van der Waals surface area contributed by atoms with Gasteiger partial charge in [0.25, 0.3) is 0 Å². The average molecular weight is 407 g/mol. The molecule has 0 amide bonds. The van der Waals surface area contributed by atoms with Gasteiger partial charge in [0, 0.05) is 44.8 Å². The van der Waals surface area contributed by atoms with Crippen molar-refractivity contribution in [2.24, 2.45) is 7.05 Å². The Morgan fingerprint density at radius 2 is 1.66 bits per heavy atom. The third-order valence-electron chi connectivity index (χ3n) is 5.50. The van der Waals surface area contributed by atoms with Gasteiger partial charge in [-0.05, 0) is 24.3 Å². The molecule has 29 heavy (non-hydrogen) atoms. The minimum absolute atomic E-state index is 0.270. The Balaban J connectivity index is 1.41. The van der Waals surface area contributed by atoms with E-state index >= 15 is 0 Å². The normalized spacial score (nSPS) is 16.0. The minimum Gasteiger partial charge on any atom is -0.340 e. The Kier molecular flexibility index (Phi) is 4.25. The van der Waals surface area contributed by atoms with Crippen LogP contribution in [-0.2, 0) is 17.1 Å². The third kappa shape index (κ3) is 2.95. The van der Waals surface area contributed by atoms with Crippen LogP contribution in [0.1, 0.15) is 0 Å². The summed E-state index contributed by atoms with van der Waals surface area (Å²) in [5.41, 5.74) is 2.54. The largest absolute Gasteiger partial charge is 0.340 e. The molecule has 5 rings (SSSR count). The first-order valence-electron chi connectivity index (χ1n) is 9.56. The van der Waals surface area contributed by atoms with Crippen molar-refractivity contribution in [3.63, 3.8) is 0 Å². The van der Waals surface area contributed by atoms with E-state index in [4.69, 9.17) is 4.98 Å². The van der Waals surface area contributed by atoms with Crippen molar-refractivity contribution in [2.75, 3.05) is 31.1 Å². The molecule has 0 saturated carbocycles. The molecule has 0 radical (unpaired) electrons. The van der Waals surface area contributed by atoms with Crippen LogP contribution in [0.2, 0.25) is 0 Å². The van der Waals surface area contributed by atoms with Gasteiger partial charge in [0.2, 0.25) is 16.0 Å². The van der Waals surface area contributed by atoms with Gasteiger partial charge in [-0.25, -0.2) is 13.4 Å². The van der Waals surface area contributed by atoms with Crippen LogP contribution < -0.4 is 4.90 Å². The van der Waals surface area contributed by atoms with Crippen LogP contribution in [-0.4, -0.2) is 53.4 Å². The number of fused-ring (bicyclic) bond motifs is 2. The number of pyridine rings is 1. The summed E-state index contributed by atoms with van der Waals surface area (Å²) >= 11 is 0. The maximum Gasteiger partial charge on any atom is 0.245 e. The zero-order chi connectivity index (χ0) is 20.0. The second-order valence-electron chi connectivity index (χ2n) is 7.18. The number of nitrogens with zero attached hydrogens (tertiary/aromatic N) is 5. The molecule has 0 aliphatic carbocycles. The van der Waals surface area contributed by atoms with E-state index in [0.717, 1.165) is 22.4 Å². The van der Waals surface area contributed by atoms with E-state index in [-0.39, 0.29) is 4.90 Å².